The third kappa shape index (κ3) is 5.47. The topological polar surface area (TPSA) is 3.24 Å². The van der Waals surface area contributed by atoms with Crippen LogP contribution in [0.15, 0.2) is 24.3 Å². The SMILES string of the molecule is CC(C)CCc1ccc(CN2CCC(C(C)C)CC2)cc1. The van der Waals surface area contributed by atoms with Crippen molar-refractivity contribution in [1.82, 2.24) is 4.90 Å². The van der Waals surface area contributed by atoms with Crippen LogP contribution in [0.3, 0.4) is 0 Å². The molecule has 1 aliphatic heterocycles. The van der Waals surface area contributed by atoms with Crippen LogP contribution < -0.4 is 0 Å². The van der Waals surface area contributed by atoms with Crippen LogP contribution in [-0.4, -0.2) is 18.0 Å². The molecule has 1 aromatic carbocycles. The van der Waals surface area contributed by atoms with E-state index in [1.165, 1.54) is 49.9 Å². The average Bonchev–Trinajstić information content (AvgIpc) is 2.47. The second kappa shape index (κ2) is 7.98. The Balaban J connectivity index is 1.78. The molecule has 0 atom stereocenters. The number of aryl methyl sites for hydroxylation is 1. The predicted molar refractivity (Wildman–Crippen MR) is 92.4 cm³/mol. The van der Waals surface area contributed by atoms with Crippen molar-refractivity contribution in [3.05, 3.63) is 35.4 Å². The average molecular weight is 287 g/mol. The van der Waals surface area contributed by atoms with Crippen LogP contribution in [0.2, 0.25) is 0 Å². The van der Waals surface area contributed by atoms with Crippen molar-refractivity contribution in [2.45, 2.75) is 59.9 Å². The van der Waals surface area contributed by atoms with Gasteiger partial charge in [0.25, 0.3) is 0 Å². The molecule has 0 aromatic heterocycles. The number of piperidine rings is 1. The van der Waals surface area contributed by atoms with Crippen LogP contribution >= 0.6 is 0 Å². The van der Waals surface area contributed by atoms with E-state index in [9.17, 15) is 0 Å². The highest BCUT2D eigenvalue weighted by Gasteiger charge is 2.21. The molecule has 118 valence electrons. The lowest BCUT2D eigenvalue weighted by atomic mass is 9.86. The second-order valence-corrected chi connectivity index (χ2v) is 7.61. The number of hydrogen-bond donors (Lipinski definition) is 0. The summed E-state index contributed by atoms with van der Waals surface area (Å²) < 4.78 is 0. The minimum absolute atomic E-state index is 0.798. The monoisotopic (exact) mass is 287 g/mol. The molecule has 2 rings (SSSR count). The summed E-state index contributed by atoms with van der Waals surface area (Å²) in [7, 11) is 0. The van der Waals surface area contributed by atoms with Crippen LogP contribution in [0, 0.1) is 17.8 Å². The quantitative estimate of drug-likeness (QED) is 0.700. The van der Waals surface area contributed by atoms with Crippen molar-refractivity contribution < 1.29 is 0 Å². The van der Waals surface area contributed by atoms with Crippen LogP contribution in [0.1, 0.15) is 58.1 Å². The van der Waals surface area contributed by atoms with E-state index in [-0.39, 0.29) is 0 Å². The van der Waals surface area contributed by atoms with E-state index < -0.39 is 0 Å². The molecule has 0 bridgehead atoms. The van der Waals surface area contributed by atoms with Gasteiger partial charge in [-0.25, -0.2) is 0 Å². The third-order valence-electron chi connectivity index (χ3n) is 5.01. The molecule has 1 aliphatic rings. The van der Waals surface area contributed by atoms with E-state index in [1.54, 1.807) is 0 Å². The van der Waals surface area contributed by atoms with E-state index in [2.05, 4.69) is 56.9 Å². The second-order valence-electron chi connectivity index (χ2n) is 7.61. The first-order valence-electron chi connectivity index (χ1n) is 8.84. The standard InChI is InChI=1S/C20H33N/c1-16(2)5-6-18-7-9-19(10-8-18)15-21-13-11-20(12-14-21)17(3)4/h7-10,16-17,20H,5-6,11-15H2,1-4H3. The van der Waals surface area contributed by atoms with Crippen molar-refractivity contribution >= 4 is 0 Å². The largest absolute Gasteiger partial charge is 0.299 e. The lowest BCUT2D eigenvalue weighted by Crippen LogP contribution is -2.34. The van der Waals surface area contributed by atoms with Gasteiger partial charge < -0.3 is 0 Å². The fraction of sp³-hybridized carbons (Fsp3) is 0.700. The van der Waals surface area contributed by atoms with Gasteiger partial charge in [-0.05, 0) is 67.7 Å². The summed E-state index contributed by atoms with van der Waals surface area (Å²) in [5.41, 5.74) is 2.97. The molecule has 0 radical (unpaired) electrons. The maximum absolute atomic E-state index is 2.63. The van der Waals surface area contributed by atoms with E-state index in [1.807, 2.05) is 0 Å². The predicted octanol–water partition coefficient (Wildman–Crippen LogP) is 5.14. The molecule has 1 heterocycles. The minimum atomic E-state index is 0.798. The smallest absolute Gasteiger partial charge is 0.0233 e. The Kier molecular flexibility index (Phi) is 6.29. The van der Waals surface area contributed by atoms with E-state index in [4.69, 9.17) is 0 Å². The van der Waals surface area contributed by atoms with Gasteiger partial charge in [-0.15, -0.1) is 0 Å². The van der Waals surface area contributed by atoms with Crippen molar-refractivity contribution in [1.29, 1.82) is 0 Å². The first kappa shape index (κ1) is 16.5. The molecule has 1 heteroatoms. The maximum Gasteiger partial charge on any atom is 0.0233 e. The fourth-order valence-corrected chi connectivity index (χ4v) is 3.30. The Labute approximate surface area is 131 Å². The molecule has 21 heavy (non-hydrogen) atoms. The molecule has 1 fully saturated rings. The van der Waals surface area contributed by atoms with Gasteiger partial charge in [0.05, 0.1) is 0 Å². The van der Waals surface area contributed by atoms with Crippen molar-refractivity contribution in [2.24, 2.45) is 17.8 Å². The van der Waals surface area contributed by atoms with Gasteiger partial charge in [0.15, 0.2) is 0 Å². The Hall–Kier alpha value is -0.820. The van der Waals surface area contributed by atoms with Crippen LogP contribution in [0.5, 0.6) is 0 Å². The van der Waals surface area contributed by atoms with Crippen molar-refractivity contribution in [3.8, 4) is 0 Å². The Morgan fingerprint density at radius 1 is 0.952 bits per heavy atom. The number of benzene rings is 1. The van der Waals surface area contributed by atoms with Gasteiger partial charge in [0.2, 0.25) is 0 Å². The number of nitrogens with zero attached hydrogens (tertiary/aromatic N) is 1. The molecule has 0 unspecified atom stereocenters. The highest BCUT2D eigenvalue weighted by molar-refractivity contribution is 5.22. The summed E-state index contributed by atoms with van der Waals surface area (Å²) >= 11 is 0. The molecule has 0 amide bonds. The first-order valence-corrected chi connectivity index (χ1v) is 8.84. The van der Waals surface area contributed by atoms with Crippen LogP contribution in [0.4, 0.5) is 0 Å². The van der Waals surface area contributed by atoms with Gasteiger partial charge in [-0.3, -0.25) is 4.90 Å². The molecular formula is C20H33N. The lowest BCUT2D eigenvalue weighted by Gasteiger charge is -2.33. The molecule has 0 spiro atoms. The zero-order valence-corrected chi connectivity index (χ0v) is 14.4. The van der Waals surface area contributed by atoms with Crippen LogP contribution in [-0.2, 0) is 13.0 Å². The highest BCUT2D eigenvalue weighted by Crippen LogP contribution is 2.25. The summed E-state index contributed by atoms with van der Waals surface area (Å²) in [6.45, 7) is 13.0. The molecule has 1 saturated heterocycles. The van der Waals surface area contributed by atoms with Gasteiger partial charge in [0.1, 0.15) is 0 Å². The Morgan fingerprint density at radius 3 is 2.05 bits per heavy atom. The molecule has 1 nitrogen and oxygen atoms in total. The zero-order chi connectivity index (χ0) is 15.2. The van der Waals surface area contributed by atoms with E-state index in [0.717, 1.165) is 24.3 Å². The molecule has 0 saturated carbocycles. The van der Waals surface area contributed by atoms with Gasteiger partial charge in [0, 0.05) is 6.54 Å². The van der Waals surface area contributed by atoms with Crippen molar-refractivity contribution in [3.63, 3.8) is 0 Å². The van der Waals surface area contributed by atoms with Gasteiger partial charge in [-0.2, -0.15) is 0 Å². The van der Waals surface area contributed by atoms with Gasteiger partial charge >= 0.3 is 0 Å². The third-order valence-corrected chi connectivity index (χ3v) is 5.01. The maximum atomic E-state index is 2.63. The molecule has 1 aromatic rings. The Morgan fingerprint density at radius 2 is 1.52 bits per heavy atom. The summed E-state index contributed by atoms with van der Waals surface area (Å²) in [4.78, 5) is 2.63. The normalized spacial score (nSPS) is 17.8. The fourth-order valence-electron chi connectivity index (χ4n) is 3.30. The molecule has 0 N–H and O–H groups in total. The van der Waals surface area contributed by atoms with Gasteiger partial charge in [-0.1, -0.05) is 52.0 Å². The first-order chi connectivity index (χ1) is 10.0. The summed E-state index contributed by atoms with van der Waals surface area (Å²) in [5.74, 6) is 2.60. The number of rotatable bonds is 6. The van der Waals surface area contributed by atoms with E-state index >= 15 is 0 Å². The lowest BCUT2D eigenvalue weighted by molar-refractivity contribution is 0.152. The zero-order valence-electron chi connectivity index (χ0n) is 14.4. The molecular weight excluding hydrogens is 254 g/mol. The van der Waals surface area contributed by atoms with E-state index in [0.29, 0.717) is 0 Å². The number of hydrogen-bond acceptors (Lipinski definition) is 1. The summed E-state index contributed by atoms with van der Waals surface area (Å²) in [6.07, 6.45) is 5.27. The Bertz CT molecular complexity index is 396. The molecule has 0 aliphatic carbocycles. The minimum Gasteiger partial charge on any atom is -0.299 e. The van der Waals surface area contributed by atoms with Crippen LogP contribution in [0.25, 0.3) is 0 Å². The van der Waals surface area contributed by atoms with Crippen molar-refractivity contribution in [2.75, 3.05) is 13.1 Å². The number of likely N-dealkylation sites (tertiary alicyclic amines) is 1. The highest BCUT2D eigenvalue weighted by atomic mass is 15.1. The summed E-state index contributed by atoms with van der Waals surface area (Å²) in [5, 5.41) is 0. The summed E-state index contributed by atoms with van der Waals surface area (Å²) in [6, 6.07) is 9.34.